The first-order valence-corrected chi connectivity index (χ1v) is 3.96. The summed E-state index contributed by atoms with van der Waals surface area (Å²) in [6, 6.07) is 3.89. The molecule has 0 saturated carbocycles. The molecule has 5 nitrogen and oxygen atoms in total. The van der Waals surface area contributed by atoms with Crippen molar-refractivity contribution in [3.63, 3.8) is 0 Å². The van der Waals surface area contributed by atoms with Gasteiger partial charge in [-0.05, 0) is 12.1 Å². The molecule has 0 radical (unpaired) electrons. The maximum absolute atomic E-state index is 11.3. The highest BCUT2D eigenvalue weighted by atomic mass is 16.2. The van der Waals surface area contributed by atoms with E-state index in [-0.39, 0.29) is 10.9 Å². The van der Waals surface area contributed by atoms with Crippen molar-refractivity contribution in [3.05, 3.63) is 40.8 Å². The van der Waals surface area contributed by atoms with Gasteiger partial charge in [0.15, 0.2) is 0 Å². The lowest BCUT2D eigenvalue weighted by atomic mass is 10.3. The van der Waals surface area contributed by atoms with Crippen LogP contribution in [0.25, 0.3) is 11.0 Å². The first-order valence-electron chi connectivity index (χ1n) is 3.96. The van der Waals surface area contributed by atoms with Gasteiger partial charge in [0, 0.05) is 18.5 Å². The Bertz CT molecular complexity index is 559. The average molecular weight is 189 g/mol. The Balaban J connectivity index is 2.96. The van der Waals surface area contributed by atoms with Crippen molar-refractivity contribution in [2.75, 3.05) is 0 Å². The Morgan fingerprint density at radius 3 is 2.93 bits per heavy atom. The van der Waals surface area contributed by atoms with Crippen LogP contribution in [0, 0.1) is 0 Å². The van der Waals surface area contributed by atoms with E-state index in [4.69, 9.17) is 5.73 Å². The first-order chi connectivity index (χ1) is 6.70. The van der Waals surface area contributed by atoms with Crippen molar-refractivity contribution < 1.29 is 4.79 Å². The third-order valence-corrected chi connectivity index (χ3v) is 1.89. The van der Waals surface area contributed by atoms with Gasteiger partial charge in [0.05, 0.1) is 5.52 Å². The van der Waals surface area contributed by atoms with Crippen LogP contribution in [-0.4, -0.2) is 15.6 Å². The van der Waals surface area contributed by atoms with Crippen LogP contribution in [0.5, 0.6) is 0 Å². The number of aromatic nitrogens is 2. The van der Waals surface area contributed by atoms with Gasteiger partial charge in [-0.2, -0.15) is 0 Å². The van der Waals surface area contributed by atoms with Crippen LogP contribution in [0.15, 0.2) is 35.4 Å². The number of carbonyl (C=O) groups excluding carboxylic acids is 1. The van der Waals surface area contributed by atoms with E-state index in [9.17, 15) is 9.59 Å². The Labute approximate surface area is 78.8 Å². The van der Waals surface area contributed by atoms with Crippen LogP contribution in [0.4, 0.5) is 4.79 Å². The number of hydrogen-bond acceptors (Lipinski definition) is 3. The number of fused-ring (bicyclic) bond motifs is 1. The molecule has 0 aromatic carbocycles. The average Bonchev–Trinajstić information content (AvgIpc) is 2.18. The summed E-state index contributed by atoms with van der Waals surface area (Å²) < 4.78 is 1.18. The summed E-state index contributed by atoms with van der Waals surface area (Å²) in [5.74, 6) is 0. The van der Waals surface area contributed by atoms with E-state index in [2.05, 4.69) is 4.98 Å². The van der Waals surface area contributed by atoms with Gasteiger partial charge in [0.25, 0.3) is 0 Å². The lowest BCUT2D eigenvalue weighted by molar-refractivity contribution is 0.251. The van der Waals surface area contributed by atoms with E-state index in [1.807, 2.05) is 0 Å². The number of hydrogen-bond donors (Lipinski definition) is 1. The Morgan fingerprint density at radius 2 is 2.21 bits per heavy atom. The number of carbonyl (C=O) groups is 1. The normalized spacial score (nSPS) is 10.3. The van der Waals surface area contributed by atoms with E-state index >= 15 is 0 Å². The summed E-state index contributed by atoms with van der Waals surface area (Å²) in [4.78, 5) is 26.2. The molecule has 2 rings (SSSR count). The van der Waals surface area contributed by atoms with Gasteiger partial charge in [-0.3, -0.25) is 14.3 Å². The van der Waals surface area contributed by atoms with Crippen LogP contribution in [0.1, 0.15) is 0 Å². The largest absolute Gasteiger partial charge is 0.351 e. The zero-order valence-corrected chi connectivity index (χ0v) is 7.18. The van der Waals surface area contributed by atoms with Gasteiger partial charge in [-0.1, -0.05) is 0 Å². The molecule has 14 heavy (non-hydrogen) atoms. The van der Waals surface area contributed by atoms with Crippen LogP contribution in [0.3, 0.4) is 0 Å². The quantitative estimate of drug-likeness (QED) is 0.648. The maximum atomic E-state index is 11.3. The van der Waals surface area contributed by atoms with Crippen LogP contribution < -0.4 is 11.2 Å². The van der Waals surface area contributed by atoms with Gasteiger partial charge in [-0.15, -0.1) is 0 Å². The first kappa shape index (κ1) is 8.43. The van der Waals surface area contributed by atoms with Gasteiger partial charge in [-0.25, -0.2) is 4.79 Å². The fraction of sp³-hybridized carbons (Fsp3) is 0. The van der Waals surface area contributed by atoms with E-state index in [0.29, 0.717) is 5.52 Å². The predicted molar refractivity (Wildman–Crippen MR) is 51.0 cm³/mol. The second-order valence-corrected chi connectivity index (χ2v) is 2.76. The fourth-order valence-corrected chi connectivity index (χ4v) is 1.27. The summed E-state index contributed by atoms with van der Waals surface area (Å²) in [6.45, 7) is 0. The molecule has 2 aromatic rings. The fourth-order valence-electron chi connectivity index (χ4n) is 1.27. The monoisotopic (exact) mass is 189 g/mol. The lowest BCUT2D eigenvalue weighted by Gasteiger charge is -2.03. The molecule has 0 unspecified atom stereocenters. The van der Waals surface area contributed by atoms with E-state index in [1.165, 1.54) is 23.0 Å². The van der Waals surface area contributed by atoms with Gasteiger partial charge in [0.2, 0.25) is 5.43 Å². The van der Waals surface area contributed by atoms with Gasteiger partial charge in [0.1, 0.15) is 5.52 Å². The smallest absolute Gasteiger partial charge is 0.323 e. The molecule has 0 atom stereocenters. The molecule has 5 heteroatoms. The SMILES string of the molecule is NC(=O)n1ccc(=O)c2ncccc21. The van der Waals surface area contributed by atoms with Gasteiger partial charge >= 0.3 is 6.03 Å². The van der Waals surface area contributed by atoms with Crippen molar-refractivity contribution in [3.8, 4) is 0 Å². The van der Waals surface area contributed by atoms with Gasteiger partial charge < -0.3 is 5.73 Å². The molecule has 2 aromatic heterocycles. The van der Waals surface area contributed by atoms with Crippen LogP contribution in [0.2, 0.25) is 0 Å². The summed E-state index contributed by atoms with van der Waals surface area (Å²) in [5, 5.41) is 0. The molecular formula is C9H7N3O2. The highest BCUT2D eigenvalue weighted by Gasteiger charge is 2.05. The molecule has 0 aliphatic rings. The summed E-state index contributed by atoms with van der Waals surface area (Å²) in [6.07, 6.45) is 2.84. The summed E-state index contributed by atoms with van der Waals surface area (Å²) in [7, 11) is 0. The molecule has 0 fully saturated rings. The Morgan fingerprint density at radius 1 is 1.43 bits per heavy atom. The Hall–Kier alpha value is -2.17. The van der Waals surface area contributed by atoms with Crippen molar-refractivity contribution in [1.29, 1.82) is 0 Å². The number of nitrogens with two attached hydrogens (primary N) is 1. The highest BCUT2D eigenvalue weighted by Crippen LogP contribution is 2.05. The third-order valence-electron chi connectivity index (χ3n) is 1.89. The minimum absolute atomic E-state index is 0.224. The zero-order chi connectivity index (χ0) is 10.1. The minimum Gasteiger partial charge on any atom is -0.351 e. The second kappa shape index (κ2) is 2.95. The zero-order valence-electron chi connectivity index (χ0n) is 7.18. The molecule has 0 saturated heterocycles. The molecule has 0 aliphatic heterocycles. The van der Waals surface area contributed by atoms with E-state index in [0.717, 1.165) is 0 Å². The molecule has 0 spiro atoms. The maximum Gasteiger partial charge on any atom is 0.323 e. The highest BCUT2D eigenvalue weighted by molar-refractivity contribution is 5.87. The molecule has 1 amide bonds. The third kappa shape index (κ3) is 1.15. The van der Waals surface area contributed by atoms with Crippen LogP contribution >= 0.6 is 0 Å². The number of amides is 1. The molecule has 0 bridgehead atoms. The van der Waals surface area contributed by atoms with Crippen molar-refractivity contribution in [1.82, 2.24) is 9.55 Å². The number of rotatable bonds is 0. The number of primary amides is 1. The molecule has 0 aliphatic carbocycles. The summed E-state index contributed by atoms with van der Waals surface area (Å²) >= 11 is 0. The van der Waals surface area contributed by atoms with E-state index < -0.39 is 6.03 Å². The molecule has 2 heterocycles. The van der Waals surface area contributed by atoms with E-state index in [1.54, 1.807) is 12.1 Å². The van der Waals surface area contributed by atoms with Crippen molar-refractivity contribution in [2.45, 2.75) is 0 Å². The number of nitrogens with zero attached hydrogens (tertiary/aromatic N) is 2. The van der Waals surface area contributed by atoms with Crippen molar-refractivity contribution >= 4 is 17.1 Å². The topological polar surface area (TPSA) is 78.0 Å². The predicted octanol–water partition coefficient (Wildman–Crippen LogP) is 0.323. The van der Waals surface area contributed by atoms with Crippen LogP contribution in [-0.2, 0) is 0 Å². The second-order valence-electron chi connectivity index (χ2n) is 2.76. The molecule has 2 N–H and O–H groups in total. The minimum atomic E-state index is -0.636. The molecular weight excluding hydrogens is 182 g/mol. The number of pyridine rings is 2. The lowest BCUT2D eigenvalue weighted by Crippen LogP contribution is -2.22. The molecule has 70 valence electrons. The Kier molecular flexibility index (Phi) is 1.78. The standard InChI is InChI=1S/C9H7N3O2/c10-9(14)12-5-3-7(13)8-6(12)2-1-4-11-8/h1-5H,(H2,10,14). The van der Waals surface area contributed by atoms with Crippen molar-refractivity contribution in [2.24, 2.45) is 5.73 Å². The summed E-state index contributed by atoms with van der Waals surface area (Å²) in [5.41, 5.74) is 5.57.